The minimum Gasteiger partial charge on any atom is -0.500 e. The molecule has 0 spiro atoms. The third-order valence-corrected chi connectivity index (χ3v) is 3.03. The third-order valence-electron chi connectivity index (χ3n) is 3.03. The second kappa shape index (κ2) is 8.27. The molecule has 7 nitrogen and oxygen atoms in total. The predicted octanol–water partition coefficient (Wildman–Crippen LogP) is 2.99. The van der Waals surface area contributed by atoms with Crippen LogP contribution in [0.2, 0.25) is 0 Å². The molecule has 0 atom stereocenters. The number of hydrogen-bond acceptors (Lipinski definition) is 6. The predicted molar refractivity (Wildman–Crippen MR) is 78.4 cm³/mol. The SMILES string of the molecule is CCOC=C(C(=O)OCC)C(=O)c1c(F)c(C)c(F)c(F)c1[N+](=O)[O-]. The zero-order valence-corrected chi connectivity index (χ0v) is 13.5. The molecule has 0 N–H and O–H groups in total. The lowest BCUT2D eigenvalue weighted by Crippen LogP contribution is -2.20. The average Bonchev–Trinajstić information content (AvgIpc) is 2.55. The van der Waals surface area contributed by atoms with Gasteiger partial charge in [-0.2, -0.15) is 4.39 Å². The van der Waals surface area contributed by atoms with Crippen LogP contribution in [0.4, 0.5) is 18.9 Å². The van der Waals surface area contributed by atoms with E-state index in [1.165, 1.54) is 13.8 Å². The summed E-state index contributed by atoms with van der Waals surface area (Å²) in [7, 11) is 0. The molecule has 0 aliphatic heterocycles. The molecule has 136 valence electrons. The van der Waals surface area contributed by atoms with Gasteiger partial charge in [-0.05, 0) is 20.8 Å². The molecular formula is C15H14F3NO6. The largest absolute Gasteiger partial charge is 0.500 e. The van der Waals surface area contributed by atoms with Crippen LogP contribution in [0.1, 0.15) is 29.8 Å². The van der Waals surface area contributed by atoms with Crippen molar-refractivity contribution in [3.05, 3.63) is 50.5 Å². The molecule has 0 saturated carbocycles. The fourth-order valence-corrected chi connectivity index (χ4v) is 1.85. The Kier molecular flexibility index (Phi) is 6.66. The summed E-state index contributed by atoms with van der Waals surface area (Å²) in [6.45, 7) is 3.58. The molecule has 0 bridgehead atoms. The van der Waals surface area contributed by atoms with Gasteiger partial charge < -0.3 is 9.47 Å². The molecule has 0 radical (unpaired) electrons. The quantitative estimate of drug-likeness (QED) is 0.0853. The standard InChI is InChI=1S/C15H14F3NO6/c1-4-24-6-8(15(21)25-5-2)14(20)9-10(16)7(3)11(17)12(18)13(9)19(22)23/h6H,4-5H2,1-3H3. The summed E-state index contributed by atoms with van der Waals surface area (Å²) in [5.74, 6) is -8.27. The number of nitrogens with zero attached hydrogens (tertiary/aromatic N) is 1. The molecule has 0 saturated heterocycles. The number of ether oxygens (including phenoxy) is 2. The molecule has 0 amide bonds. The minimum absolute atomic E-state index is 0.0115. The maximum atomic E-state index is 14.3. The van der Waals surface area contributed by atoms with Gasteiger partial charge in [0, 0.05) is 5.56 Å². The highest BCUT2D eigenvalue weighted by atomic mass is 19.2. The second-order valence-corrected chi connectivity index (χ2v) is 4.58. The first kappa shape index (κ1) is 20.1. The van der Waals surface area contributed by atoms with E-state index in [1.54, 1.807) is 0 Å². The van der Waals surface area contributed by atoms with Gasteiger partial charge in [0.2, 0.25) is 11.6 Å². The summed E-state index contributed by atoms with van der Waals surface area (Å²) >= 11 is 0. The van der Waals surface area contributed by atoms with Gasteiger partial charge in [-0.1, -0.05) is 0 Å². The fraction of sp³-hybridized carbons (Fsp3) is 0.333. The molecule has 10 heteroatoms. The lowest BCUT2D eigenvalue weighted by molar-refractivity contribution is -0.388. The first-order chi connectivity index (χ1) is 11.7. The van der Waals surface area contributed by atoms with Crippen molar-refractivity contribution in [2.75, 3.05) is 13.2 Å². The van der Waals surface area contributed by atoms with Crippen LogP contribution in [0, 0.1) is 34.5 Å². The first-order valence-electron chi connectivity index (χ1n) is 7.03. The van der Waals surface area contributed by atoms with Gasteiger partial charge in [0.05, 0.1) is 18.1 Å². The number of esters is 1. The van der Waals surface area contributed by atoms with Gasteiger partial charge >= 0.3 is 11.7 Å². The molecule has 0 unspecified atom stereocenters. The zero-order valence-electron chi connectivity index (χ0n) is 13.5. The van der Waals surface area contributed by atoms with Crippen molar-refractivity contribution < 1.29 is 37.2 Å². The number of nitro groups is 1. The van der Waals surface area contributed by atoms with Crippen molar-refractivity contribution >= 4 is 17.4 Å². The number of hydrogen-bond donors (Lipinski definition) is 0. The van der Waals surface area contributed by atoms with E-state index in [9.17, 15) is 32.9 Å². The normalized spacial score (nSPS) is 11.2. The number of Topliss-reactive ketones (excluding diaryl/α,β-unsaturated/α-hetero) is 1. The van der Waals surface area contributed by atoms with E-state index in [1.807, 2.05) is 0 Å². The molecule has 0 aliphatic carbocycles. The number of nitro benzene ring substituents is 1. The second-order valence-electron chi connectivity index (χ2n) is 4.58. The first-order valence-corrected chi connectivity index (χ1v) is 7.03. The van der Waals surface area contributed by atoms with Crippen molar-refractivity contribution in [1.29, 1.82) is 0 Å². The Labute approximate surface area is 140 Å². The van der Waals surface area contributed by atoms with Crippen LogP contribution in [-0.4, -0.2) is 29.9 Å². The highest BCUT2D eigenvalue weighted by Gasteiger charge is 2.37. The Morgan fingerprint density at radius 1 is 1.12 bits per heavy atom. The molecule has 1 aromatic carbocycles. The number of carbonyl (C=O) groups excluding carboxylic acids is 2. The molecule has 1 aromatic rings. The molecule has 1 rings (SSSR count). The molecule has 0 aromatic heterocycles. The maximum Gasteiger partial charge on any atom is 0.345 e. The minimum atomic E-state index is -2.01. The van der Waals surface area contributed by atoms with Crippen LogP contribution in [0.5, 0.6) is 0 Å². The molecule has 0 aliphatic rings. The van der Waals surface area contributed by atoms with Crippen LogP contribution >= 0.6 is 0 Å². The van der Waals surface area contributed by atoms with Gasteiger partial charge in [0.25, 0.3) is 0 Å². The monoisotopic (exact) mass is 361 g/mol. The number of carbonyl (C=O) groups is 2. The summed E-state index contributed by atoms with van der Waals surface area (Å²) < 4.78 is 51.1. The summed E-state index contributed by atoms with van der Waals surface area (Å²) in [5, 5.41) is 11.0. The number of halogens is 3. The average molecular weight is 361 g/mol. The van der Waals surface area contributed by atoms with Gasteiger partial charge in [0.1, 0.15) is 23.2 Å². The summed E-state index contributed by atoms with van der Waals surface area (Å²) in [5.41, 5.74) is -4.93. The van der Waals surface area contributed by atoms with Gasteiger partial charge in [-0.3, -0.25) is 14.9 Å². The topological polar surface area (TPSA) is 95.7 Å². The zero-order chi connectivity index (χ0) is 19.3. The summed E-state index contributed by atoms with van der Waals surface area (Å²) in [4.78, 5) is 33.8. The Bertz CT molecular complexity index is 760. The summed E-state index contributed by atoms with van der Waals surface area (Å²) in [6.07, 6.45) is 0.625. The van der Waals surface area contributed by atoms with Crippen LogP contribution in [0.25, 0.3) is 0 Å². The maximum absolute atomic E-state index is 14.3. The fourth-order valence-electron chi connectivity index (χ4n) is 1.85. The van der Waals surface area contributed by atoms with Crippen molar-refractivity contribution in [3.63, 3.8) is 0 Å². The van der Waals surface area contributed by atoms with Gasteiger partial charge in [-0.25, -0.2) is 13.6 Å². The Morgan fingerprint density at radius 2 is 1.72 bits per heavy atom. The van der Waals surface area contributed by atoms with Gasteiger partial charge in [0.15, 0.2) is 5.82 Å². The highest BCUT2D eigenvalue weighted by Crippen LogP contribution is 2.32. The van der Waals surface area contributed by atoms with E-state index in [-0.39, 0.29) is 13.2 Å². The number of benzene rings is 1. The van der Waals surface area contributed by atoms with Crippen LogP contribution in [0.15, 0.2) is 11.8 Å². The Balaban J connectivity index is 3.69. The third kappa shape index (κ3) is 3.95. The van der Waals surface area contributed by atoms with Gasteiger partial charge in [-0.15, -0.1) is 0 Å². The van der Waals surface area contributed by atoms with Crippen LogP contribution < -0.4 is 0 Å². The van der Waals surface area contributed by atoms with E-state index in [0.29, 0.717) is 6.26 Å². The molecule has 0 fully saturated rings. The van der Waals surface area contributed by atoms with E-state index in [0.717, 1.165) is 6.92 Å². The number of ketones is 1. The Hall–Kier alpha value is -2.91. The lowest BCUT2D eigenvalue weighted by atomic mass is 9.98. The van der Waals surface area contributed by atoms with Crippen LogP contribution in [0.3, 0.4) is 0 Å². The Morgan fingerprint density at radius 3 is 2.20 bits per heavy atom. The molecular weight excluding hydrogens is 347 g/mol. The molecule has 0 heterocycles. The smallest absolute Gasteiger partial charge is 0.345 e. The van der Waals surface area contributed by atoms with Crippen molar-refractivity contribution in [2.24, 2.45) is 0 Å². The van der Waals surface area contributed by atoms with E-state index in [4.69, 9.17) is 4.74 Å². The van der Waals surface area contributed by atoms with E-state index in [2.05, 4.69) is 4.74 Å². The molecule has 25 heavy (non-hydrogen) atoms. The number of rotatable bonds is 7. The van der Waals surface area contributed by atoms with Crippen molar-refractivity contribution in [1.82, 2.24) is 0 Å². The lowest BCUT2D eigenvalue weighted by Gasteiger charge is -2.10. The summed E-state index contributed by atoms with van der Waals surface area (Å²) in [6, 6.07) is 0. The van der Waals surface area contributed by atoms with E-state index < -0.39 is 56.5 Å². The van der Waals surface area contributed by atoms with E-state index >= 15 is 0 Å². The van der Waals surface area contributed by atoms with Crippen molar-refractivity contribution in [3.8, 4) is 0 Å². The highest BCUT2D eigenvalue weighted by molar-refractivity contribution is 6.25. The van der Waals surface area contributed by atoms with Crippen molar-refractivity contribution in [2.45, 2.75) is 20.8 Å². The van der Waals surface area contributed by atoms with Crippen LogP contribution in [-0.2, 0) is 14.3 Å².